The first-order chi connectivity index (χ1) is 10.7. The van der Waals surface area contributed by atoms with E-state index in [2.05, 4.69) is 10.4 Å². The Labute approximate surface area is 129 Å². The van der Waals surface area contributed by atoms with Crippen LogP contribution in [0.5, 0.6) is 0 Å². The number of hydrogen-bond donors (Lipinski definition) is 1. The molecule has 22 heavy (non-hydrogen) atoms. The average Bonchev–Trinajstić information content (AvgIpc) is 2.56. The SMILES string of the molecule is CCn1nc(C(=O)NC2CCCCC2)c(=O)c2ccccc21. The summed E-state index contributed by atoms with van der Waals surface area (Å²) >= 11 is 0. The van der Waals surface area contributed by atoms with Crippen molar-refractivity contribution < 1.29 is 4.79 Å². The van der Waals surface area contributed by atoms with Crippen molar-refractivity contribution in [3.05, 3.63) is 40.2 Å². The van der Waals surface area contributed by atoms with Crippen molar-refractivity contribution >= 4 is 16.8 Å². The molecule has 5 heteroatoms. The number of benzene rings is 1. The van der Waals surface area contributed by atoms with Crippen LogP contribution in [0.2, 0.25) is 0 Å². The Hall–Kier alpha value is -2.17. The van der Waals surface area contributed by atoms with Crippen LogP contribution in [-0.2, 0) is 6.54 Å². The van der Waals surface area contributed by atoms with E-state index < -0.39 is 0 Å². The molecule has 0 atom stereocenters. The Morgan fingerprint density at radius 1 is 1.27 bits per heavy atom. The van der Waals surface area contributed by atoms with Crippen LogP contribution in [0.4, 0.5) is 0 Å². The Kier molecular flexibility index (Phi) is 4.22. The molecule has 0 aliphatic heterocycles. The molecule has 1 aromatic carbocycles. The van der Waals surface area contributed by atoms with Gasteiger partial charge in [-0.05, 0) is 31.9 Å². The third-order valence-electron chi connectivity index (χ3n) is 4.32. The summed E-state index contributed by atoms with van der Waals surface area (Å²) in [5, 5.41) is 7.80. The Balaban J connectivity index is 1.97. The fourth-order valence-electron chi connectivity index (χ4n) is 3.13. The molecular formula is C17H21N3O2. The van der Waals surface area contributed by atoms with Crippen LogP contribution >= 0.6 is 0 Å². The van der Waals surface area contributed by atoms with Crippen molar-refractivity contribution in [1.29, 1.82) is 0 Å². The zero-order valence-corrected chi connectivity index (χ0v) is 12.8. The predicted molar refractivity (Wildman–Crippen MR) is 86.0 cm³/mol. The van der Waals surface area contributed by atoms with Crippen LogP contribution in [0.3, 0.4) is 0 Å². The number of aryl methyl sites for hydroxylation is 1. The van der Waals surface area contributed by atoms with Crippen molar-refractivity contribution in [3.63, 3.8) is 0 Å². The van der Waals surface area contributed by atoms with Gasteiger partial charge in [-0.25, -0.2) is 0 Å². The zero-order valence-electron chi connectivity index (χ0n) is 12.8. The average molecular weight is 299 g/mol. The first-order valence-electron chi connectivity index (χ1n) is 8.01. The molecular weight excluding hydrogens is 278 g/mol. The van der Waals surface area contributed by atoms with Gasteiger partial charge < -0.3 is 5.32 Å². The summed E-state index contributed by atoms with van der Waals surface area (Å²) in [7, 11) is 0. The maximum atomic E-state index is 12.5. The minimum Gasteiger partial charge on any atom is -0.348 e. The molecule has 1 aliphatic rings. The fourth-order valence-corrected chi connectivity index (χ4v) is 3.13. The molecule has 1 fully saturated rings. The van der Waals surface area contributed by atoms with E-state index in [9.17, 15) is 9.59 Å². The quantitative estimate of drug-likeness (QED) is 0.947. The number of amides is 1. The van der Waals surface area contributed by atoms with Gasteiger partial charge in [0.1, 0.15) is 0 Å². The number of para-hydroxylation sites is 1. The smallest absolute Gasteiger partial charge is 0.276 e. The highest BCUT2D eigenvalue weighted by molar-refractivity contribution is 5.95. The van der Waals surface area contributed by atoms with E-state index in [0.717, 1.165) is 31.2 Å². The van der Waals surface area contributed by atoms with Crippen molar-refractivity contribution in [2.75, 3.05) is 0 Å². The standard InChI is InChI=1S/C17H21N3O2/c1-2-20-14-11-7-6-10-13(14)16(21)15(19-20)17(22)18-12-8-4-3-5-9-12/h6-7,10-12H,2-5,8-9H2,1H3,(H,18,22). The van der Waals surface area contributed by atoms with Gasteiger partial charge in [-0.15, -0.1) is 0 Å². The summed E-state index contributed by atoms with van der Waals surface area (Å²) in [6.07, 6.45) is 5.47. The second-order valence-electron chi connectivity index (χ2n) is 5.82. The summed E-state index contributed by atoms with van der Waals surface area (Å²) < 4.78 is 1.71. The zero-order chi connectivity index (χ0) is 15.5. The Morgan fingerprint density at radius 3 is 2.73 bits per heavy atom. The molecule has 0 bridgehead atoms. The third kappa shape index (κ3) is 2.75. The highest BCUT2D eigenvalue weighted by Gasteiger charge is 2.21. The molecule has 5 nitrogen and oxygen atoms in total. The normalized spacial score (nSPS) is 15.9. The van der Waals surface area contributed by atoms with Crippen LogP contribution < -0.4 is 10.7 Å². The van der Waals surface area contributed by atoms with Crippen molar-refractivity contribution in [3.8, 4) is 0 Å². The molecule has 2 aromatic rings. The van der Waals surface area contributed by atoms with E-state index in [-0.39, 0.29) is 23.1 Å². The summed E-state index contributed by atoms with van der Waals surface area (Å²) in [5.74, 6) is -0.343. The first kappa shape index (κ1) is 14.8. The number of rotatable bonds is 3. The fraction of sp³-hybridized carbons (Fsp3) is 0.471. The van der Waals surface area contributed by atoms with Crippen LogP contribution in [0, 0.1) is 0 Å². The van der Waals surface area contributed by atoms with E-state index in [1.165, 1.54) is 6.42 Å². The molecule has 1 saturated carbocycles. The van der Waals surface area contributed by atoms with E-state index in [0.29, 0.717) is 11.9 Å². The number of hydrogen-bond acceptors (Lipinski definition) is 3. The third-order valence-corrected chi connectivity index (χ3v) is 4.32. The lowest BCUT2D eigenvalue weighted by Gasteiger charge is -2.22. The largest absolute Gasteiger partial charge is 0.348 e. The molecule has 1 heterocycles. The van der Waals surface area contributed by atoms with Crippen molar-refractivity contribution in [1.82, 2.24) is 15.1 Å². The molecule has 0 spiro atoms. The highest BCUT2D eigenvalue weighted by atomic mass is 16.2. The molecule has 1 aromatic heterocycles. The molecule has 0 saturated heterocycles. The second-order valence-corrected chi connectivity index (χ2v) is 5.82. The monoisotopic (exact) mass is 299 g/mol. The molecule has 3 rings (SSSR count). The van der Waals surface area contributed by atoms with E-state index >= 15 is 0 Å². The van der Waals surface area contributed by atoms with Gasteiger partial charge in [0.2, 0.25) is 5.43 Å². The summed E-state index contributed by atoms with van der Waals surface area (Å²) in [6, 6.07) is 7.46. The topological polar surface area (TPSA) is 64.0 Å². The van der Waals surface area contributed by atoms with E-state index in [4.69, 9.17) is 0 Å². The van der Waals surface area contributed by atoms with Gasteiger partial charge in [-0.2, -0.15) is 5.10 Å². The number of aromatic nitrogens is 2. The van der Waals surface area contributed by atoms with Gasteiger partial charge in [-0.3, -0.25) is 14.3 Å². The minimum absolute atomic E-state index is 0.00567. The number of carbonyl (C=O) groups excluding carboxylic acids is 1. The van der Waals surface area contributed by atoms with Crippen LogP contribution in [0.15, 0.2) is 29.1 Å². The number of nitrogens with one attached hydrogen (secondary N) is 1. The number of fused-ring (bicyclic) bond motifs is 1. The molecule has 1 aliphatic carbocycles. The highest BCUT2D eigenvalue weighted by Crippen LogP contribution is 2.17. The molecule has 0 unspecified atom stereocenters. The van der Waals surface area contributed by atoms with Crippen LogP contribution in [0.1, 0.15) is 49.5 Å². The van der Waals surface area contributed by atoms with E-state index in [1.54, 1.807) is 10.7 Å². The summed E-state index contributed by atoms with van der Waals surface area (Å²) in [5.41, 5.74) is 0.490. The lowest BCUT2D eigenvalue weighted by molar-refractivity contribution is 0.0919. The number of carbonyl (C=O) groups is 1. The maximum absolute atomic E-state index is 12.5. The van der Waals surface area contributed by atoms with Crippen molar-refractivity contribution in [2.24, 2.45) is 0 Å². The predicted octanol–water partition coefficient (Wildman–Crippen LogP) is 2.48. The lowest BCUT2D eigenvalue weighted by atomic mass is 9.95. The summed E-state index contributed by atoms with van der Waals surface area (Å²) in [6.45, 7) is 2.57. The lowest BCUT2D eigenvalue weighted by Crippen LogP contribution is -2.39. The van der Waals surface area contributed by atoms with E-state index in [1.807, 2.05) is 25.1 Å². The van der Waals surface area contributed by atoms with Gasteiger partial charge >= 0.3 is 0 Å². The molecule has 0 radical (unpaired) electrons. The first-order valence-corrected chi connectivity index (χ1v) is 8.01. The van der Waals surface area contributed by atoms with Gasteiger partial charge in [0.15, 0.2) is 5.69 Å². The van der Waals surface area contributed by atoms with Crippen LogP contribution in [-0.4, -0.2) is 21.7 Å². The minimum atomic E-state index is -0.343. The van der Waals surface area contributed by atoms with Crippen LogP contribution in [0.25, 0.3) is 10.9 Å². The van der Waals surface area contributed by atoms with Gasteiger partial charge in [-0.1, -0.05) is 31.4 Å². The Bertz CT molecular complexity index is 745. The van der Waals surface area contributed by atoms with Gasteiger partial charge in [0, 0.05) is 18.0 Å². The maximum Gasteiger partial charge on any atom is 0.276 e. The summed E-state index contributed by atoms with van der Waals surface area (Å²) in [4.78, 5) is 25.0. The van der Waals surface area contributed by atoms with Crippen molar-refractivity contribution in [2.45, 2.75) is 51.6 Å². The molecule has 1 amide bonds. The van der Waals surface area contributed by atoms with Gasteiger partial charge in [0.05, 0.1) is 5.52 Å². The van der Waals surface area contributed by atoms with Gasteiger partial charge in [0.25, 0.3) is 5.91 Å². The second kappa shape index (κ2) is 6.30. The molecule has 116 valence electrons. The Morgan fingerprint density at radius 2 is 2.00 bits per heavy atom. The molecule has 1 N–H and O–H groups in total. The number of nitrogens with zero attached hydrogens (tertiary/aromatic N) is 2.